The smallest absolute Gasteiger partial charge is 0.124 e. The van der Waals surface area contributed by atoms with Crippen molar-refractivity contribution in [3.8, 4) is 5.75 Å². The highest BCUT2D eigenvalue weighted by molar-refractivity contribution is 5.34. The van der Waals surface area contributed by atoms with Crippen LogP contribution in [0.3, 0.4) is 0 Å². The summed E-state index contributed by atoms with van der Waals surface area (Å²) in [5.74, 6) is 2.12. The summed E-state index contributed by atoms with van der Waals surface area (Å²) in [6, 6.07) is 10.7. The molecular weight excluding hydrogens is 262 g/mol. The van der Waals surface area contributed by atoms with E-state index >= 15 is 0 Å². The average Bonchev–Trinajstić information content (AvgIpc) is 2.95. The Morgan fingerprint density at radius 2 is 2.14 bits per heavy atom. The van der Waals surface area contributed by atoms with Crippen molar-refractivity contribution in [3.63, 3.8) is 0 Å². The summed E-state index contributed by atoms with van der Waals surface area (Å²) in [5.41, 5.74) is 2.53. The van der Waals surface area contributed by atoms with Crippen molar-refractivity contribution in [1.29, 1.82) is 0 Å². The molecule has 0 bridgehead atoms. The maximum absolute atomic E-state index is 5.88. The van der Waals surface area contributed by atoms with Gasteiger partial charge in [-0.15, -0.1) is 0 Å². The van der Waals surface area contributed by atoms with Crippen LogP contribution >= 0.6 is 0 Å². The molecule has 0 amide bonds. The summed E-state index contributed by atoms with van der Waals surface area (Å²) in [7, 11) is 0. The van der Waals surface area contributed by atoms with Crippen molar-refractivity contribution in [1.82, 2.24) is 5.32 Å². The van der Waals surface area contributed by atoms with Crippen LogP contribution in [0, 0.1) is 0 Å². The fourth-order valence-electron chi connectivity index (χ4n) is 2.95. The molecule has 3 heteroatoms. The first-order chi connectivity index (χ1) is 10.2. The molecule has 0 aliphatic heterocycles. The van der Waals surface area contributed by atoms with Crippen LogP contribution in [0.4, 0.5) is 0 Å². The largest absolute Gasteiger partial charge is 0.491 e. The molecule has 1 N–H and O–H groups in total. The molecule has 0 spiro atoms. The highest BCUT2D eigenvalue weighted by Crippen LogP contribution is 2.31. The molecule has 1 heterocycles. The van der Waals surface area contributed by atoms with Gasteiger partial charge in [0.05, 0.1) is 12.4 Å². The highest BCUT2D eigenvalue weighted by Gasteiger charge is 2.22. The number of nitrogens with one attached hydrogen (secondary N) is 1. The molecule has 1 aliphatic rings. The minimum absolute atomic E-state index is 0.196. The number of hydrogen-bond donors (Lipinski definition) is 1. The number of benzene rings is 1. The van der Waals surface area contributed by atoms with Gasteiger partial charge < -0.3 is 14.5 Å². The number of aryl methyl sites for hydroxylation is 1. The molecule has 21 heavy (non-hydrogen) atoms. The standard InChI is InChI=1S/C18H23NO2/c1-13(2)21-17-8-4-3-6-14(17)12-19-16-7-5-9-18-15(16)10-11-20-18/h3-4,6,8,10-11,13,16,19H,5,7,9,12H2,1-2H3. The summed E-state index contributed by atoms with van der Waals surface area (Å²) >= 11 is 0. The van der Waals surface area contributed by atoms with E-state index in [2.05, 4.69) is 37.4 Å². The van der Waals surface area contributed by atoms with Crippen LogP contribution in [-0.2, 0) is 13.0 Å². The van der Waals surface area contributed by atoms with Crippen LogP contribution in [0.1, 0.15) is 49.6 Å². The molecule has 3 nitrogen and oxygen atoms in total. The molecule has 0 saturated heterocycles. The summed E-state index contributed by atoms with van der Waals surface area (Å²) in [6.07, 6.45) is 5.41. The fourth-order valence-corrected chi connectivity index (χ4v) is 2.95. The number of fused-ring (bicyclic) bond motifs is 1. The first-order valence-electron chi connectivity index (χ1n) is 7.78. The van der Waals surface area contributed by atoms with Crippen LogP contribution in [0.5, 0.6) is 5.75 Å². The van der Waals surface area contributed by atoms with Crippen molar-refractivity contribution < 1.29 is 9.15 Å². The first-order valence-corrected chi connectivity index (χ1v) is 7.78. The van der Waals surface area contributed by atoms with Gasteiger partial charge in [0.2, 0.25) is 0 Å². The van der Waals surface area contributed by atoms with E-state index in [0.717, 1.165) is 24.5 Å². The predicted octanol–water partition coefficient (Wildman–Crippen LogP) is 4.23. The Bertz CT molecular complexity index is 588. The Labute approximate surface area is 126 Å². The van der Waals surface area contributed by atoms with Crippen LogP contribution in [0.15, 0.2) is 41.0 Å². The van der Waals surface area contributed by atoms with Crippen molar-refractivity contribution in [2.75, 3.05) is 0 Å². The molecule has 0 fully saturated rings. The third-order valence-corrected chi connectivity index (χ3v) is 3.93. The minimum Gasteiger partial charge on any atom is -0.491 e. The normalized spacial score (nSPS) is 17.8. The second kappa shape index (κ2) is 6.35. The van der Waals surface area contributed by atoms with E-state index in [1.807, 2.05) is 12.1 Å². The number of hydrogen-bond acceptors (Lipinski definition) is 3. The molecule has 1 unspecified atom stereocenters. The van der Waals surface area contributed by atoms with Gasteiger partial charge in [-0.2, -0.15) is 0 Å². The topological polar surface area (TPSA) is 34.4 Å². The monoisotopic (exact) mass is 285 g/mol. The second-order valence-corrected chi connectivity index (χ2v) is 5.90. The zero-order valence-electron chi connectivity index (χ0n) is 12.8. The highest BCUT2D eigenvalue weighted by atomic mass is 16.5. The molecule has 112 valence electrons. The van der Waals surface area contributed by atoms with E-state index in [4.69, 9.17) is 9.15 Å². The molecular formula is C18H23NO2. The Morgan fingerprint density at radius 3 is 3.00 bits per heavy atom. The predicted molar refractivity (Wildman–Crippen MR) is 83.4 cm³/mol. The van der Waals surface area contributed by atoms with Crippen LogP contribution in [-0.4, -0.2) is 6.10 Å². The van der Waals surface area contributed by atoms with E-state index < -0.39 is 0 Å². The third kappa shape index (κ3) is 3.30. The van der Waals surface area contributed by atoms with Gasteiger partial charge in [-0.3, -0.25) is 0 Å². The zero-order chi connectivity index (χ0) is 14.7. The van der Waals surface area contributed by atoms with Crippen LogP contribution in [0.2, 0.25) is 0 Å². The Hall–Kier alpha value is -1.74. The Balaban J connectivity index is 1.69. The van der Waals surface area contributed by atoms with Gasteiger partial charge in [0.25, 0.3) is 0 Å². The van der Waals surface area contributed by atoms with E-state index in [1.54, 1.807) is 6.26 Å². The summed E-state index contributed by atoms with van der Waals surface area (Å²) < 4.78 is 11.4. The van der Waals surface area contributed by atoms with Crippen molar-refractivity contribution in [2.45, 2.75) is 51.8 Å². The first kappa shape index (κ1) is 14.2. The maximum atomic E-state index is 5.88. The summed E-state index contributed by atoms with van der Waals surface area (Å²) in [4.78, 5) is 0. The summed E-state index contributed by atoms with van der Waals surface area (Å²) in [6.45, 7) is 4.93. The number of furan rings is 1. The van der Waals surface area contributed by atoms with Gasteiger partial charge >= 0.3 is 0 Å². The lowest BCUT2D eigenvalue weighted by Crippen LogP contribution is -2.24. The number of rotatable bonds is 5. The summed E-state index contributed by atoms with van der Waals surface area (Å²) in [5, 5.41) is 3.65. The van der Waals surface area contributed by atoms with Gasteiger partial charge in [0.15, 0.2) is 0 Å². The van der Waals surface area contributed by atoms with Crippen molar-refractivity contribution >= 4 is 0 Å². The van der Waals surface area contributed by atoms with Crippen molar-refractivity contribution in [3.05, 3.63) is 53.5 Å². The van der Waals surface area contributed by atoms with Gasteiger partial charge in [-0.1, -0.05) is 18.2 Å². The fraction of sp³-hybridized carbons (Fsp3) is 0.444. The molecule has 0 radical (unpaired) electrons. The Morgan fingerprint density at radius 1 is 1.29 bits per heavy atom. The van der Waals surface area contributed by atoms with Gasteiger partial charge in [-0.05, 0) is 38.8 Å². The zero-order valence-corrected chi connectivity index (χ0v) is 12.8. The minimum atomic E-state index is 0.196. The van der Waals surface area contributed by atoms with Crippen LogP contribution in [0.25, 0.3) is 0 Å². The van der Waals surface area contributed by atoms with E-state index in [-0.39, 0.29) is 6.10 Å². The average molecular weight is 285 g/mol. The number of para-hydroxylation sites is 1. The lowest BCUT2D eigenvalue weighted by atomic mass is 9.93. The van der Waals surface area contributed by atoms with E-state index in [9.17, 15) is 0 Å². The molecule has 1 aromatic heterocycles. The third-order valence-electron chi connectivity index (χ3n) is 3.93. The molecule has 1 atom stereocenters. The molecule has 2 aromatic rings. The van der Waals surface area contributed by atoms with E-state index in [0.29, 0.717) is 6.04 Å². The number of ether oxygens (including phenoxy) is 1. The molecule has 1 aliphatic carbocycles. The molecule has 0 saturated carbocycles. The van der Waals surface area contributed by atoms with Crippen LogP contribution < -0.4 is 10.1 Å². The lowest BCUT2D eigenvalue weighted by Gasteiger charge is -2.23. The second-order valence-electron chi connectivity index (χ2n) is 5.90. The molecule has 1 aromatic carbocycles. The SMILES string of the molecule is CC(C)Oc1ccccc1CNC1CCCc2occc21. The maximum Gasteiger partial charge on any atom is 0.124 e. The van der Waals surface area contributed by atoms with Gasteiger partial charge in [-0.25, -0.2) is 0 Å². The quantitative estimate of drug-likeness (QED) is 0.892. The molecule has 3 rings (SSSR count). The Kier molecular flexibility index (Phi) is 4.30. The van der Waals surface area contributed by atoms with Gasteiger partial charge in [0, 0.05) is 30.1 Å². The van der Waals surface area contributed by atoms with E-state index in [1.165, 1.54) is 24.0 Å². The van der Waals surface area contributed by atoms with Crippen molar-refractivity contribution in [2.24, 2.45) is 0 Å². The van der Waals surface area contributed by atoms with Gasteiger partial charge in [0.1, 0.15) is 11.5 Å². The lowest BCUT2D eigenvalue weighted by molar-refractivity contribution is 0.239.